The molecule has 0 fully saturated rings. The Balaban J connectivity index is 4.23. The van der Waals surface area contributed by atoms with Gasteiger partial charge in [0.2, 0.25) is 0 Å². The van der Waals surface area contributed by atoms with Crippen LogP contribution in [-0.2, 0) is 0 Å². The first-order chi connectivity index (χ1) is 4.15. The molecular weight excluding hydrogens is 295 g/mol. The normalized spacial score (nSPS) is 14.4. The molecule has 1 nitrogen and oxygen atoms in total. The summed E-state index contributed by atoms with van der Waals surface area (Å²) in [5.41, 5.74) is 0. The molecule has 0 aromatic heterocycles. The van der Waals surface area contributed by atoms with E-state index in [1.807, 2.05) is 0 Å². The minimum atomic E-state index is -2.98. The monoisotopic (exact) mass is 295 g/mol. The van der Waals surface area contributed by atoms with Crippen molar-refractivity contribution in [3.05, 3.63) is 0 Å². The standard InChI is InChI=1S/CH3Cl6NSi2/c1-8(9(2,3)4)10(5,6)7/h1H3. The molecule has 0 spiro atoms. The van der Waals surface area contributed by atoms with E-state index >= 15 is 0 Å². The van der Waals surface area contributed by atoms with E-state index in [2.05, 4.69) is 0 Å². The molecule has 0 aromatic carbocycles. The Morgan fingerprint density at radius 3 is 1.00 bits per heavy atom. The van der Waals surface area contributed by atoms with Gasteiger partial charge < -0.3 is 0 Å². The lowest BCUT2D eigenvalue weighted by atomic mass is 11.6. The van der Waals surface area contributed by atoms with Crippen LogP contribution in [0.25, 0.3) is 0 Å². The van der Waals surface area contributed by atoms with Crippen molar-refractivity contribution in [3.8, 4) is 0 Å². The van der Waals surface area contributed by atoms with Gasteiger partial charge in [-0.1, -0.05) is 0 Å². The molecule has 0 radical (unpaired) electrons. The zero-order valence-electron chi connectivity index (χ0n) is 4.72. The van der Waals surface area contributed by atoms with Crippen LogP contribution in [0.1, 0.15) is 0 Å². The fourth-order valence-corrected chi connectivity index (χ4v) is 11.6. The molecule has 0 rings (SSSR count). The fraction of sp³-hybridized carbons (Fsp3) is 1.00. The van der Waals surface area contributed by atoms with Crippen molar-refractivity contribution < 1.29 is 0 Å². The van der Waals surface area contributed by atoms with E-state index in [-0.39, 0.29) is 0 Å². The van der Waals surface area contributed by atoms with Gasteiger partial charge in [-0.2, -0.15) is 0 Å². The van der Waals surface area contributed by atoms with Gasteiger partial charge in [0.1, 0.15) is 0 Å². The Labute approximate surface area is 89.5 Å². The molecular formula is CH3Cl6NSi2. The highest BCUT2D eigenvalue weighted by molar-refractivity contribution is 7.72. The lowest BCUT2D eigenvalue weighted by Crippen LogP contribution is -2.48. The molecule has 9 heteroatoms. The predicted molar refractivity (Wildman–Crippen MR) is 54.4 cm³/mol. The maximum absolute atomic E-state index is 5.55. The van der Waals surface area contributed by atoms with Crippen LogP contribution in [0.5, 0.6) is 0 Å². The number of hydrogen-bond donors (Lipinski definition) is 0. The van der Waals surface area contributed by atoms with E-state index in [1.54, 1.807) is 0 Å². The number of rotatable bonds is 2. The quantitative estimate of drug-likeness (QED) is 0.559. The topological polar surface area (TPSA) is 3.24 Å². The molecule has 0 saturated heterocycles. The lowest BCUT2D eigenvalue weighted by molar-refractivity contribution is 0.850. The van der Waals surface area contributed by atoms with Crippen LogP contribution < -0.4 is 0 Å². The van der Waals surface area contributed by atoms with E-state index in [1.165, 1.54) is 11.3 Å². The summed E-state index contributed by atoms with van der Waals surface area (Å²) in [7, 11) is 1.50. The SMILES string of the molecule is CN([Si](Cl)(Cl)Cl)[Si](Cl)(Cl)Cl. The Morgan fingerprint density at radius 2 is 1.00 bits per heavy atom. The molecule has 0 aliphatic heterocycles. The molecule has 0 heterocycles. The summed E-state index contributed by atoms with van der Waals surface area (Å²) >= 11 is 33.3. The molecule has 10 heavy (non-hydrogen) atoms. The number of halogens is 6. The highest BCUT2D eigenvalue weighted by Gasteiger charge is 2.46. The van der Waals surface area contributed by atoms with Crippen LogP contribution >= 0.6 is 66.5 Å². The molecule has 0 unspecified atom stereocenters. The summed E-state index contributed by atoms with van der Waals surface area (Å²) in [5, 5.41) is 0. The van der Waals surface area contributed by atoms with Crippen molar-refractivity contribution in [1.29, 1.82) is 0 Å². The fourth-order valence-electron chi connectivity index (χ4n) is 0.144. The molecule has 0 bridgehead atoms. The van der Waals surface area contributed by atoms with Gasteiger partial charge in [-0.15, -0.1) is 66.5 Å². The van der Waals surface area contributed by atoms with Crippen molar-refractivity contribution in [3.63, 3.8) is 0 Å². The third kappa shape index (κ3) is 4.23. The molecule has 0 amide bonds. The largest absolute Gasteiger partial charge is 0.420 e. The van der Waals surface area contributed by atoms with Gasteiger partial charge in [-0.05, 0) is 7.05 Å². The summed E-state index contributed by atoms with van der Waals surface area (Å²) in [6, 6.07) is 0. The van der Waals surface area contributed by atoms with Crippen molar-refractivity contribution >= 4 is 78.8 Å². The van der Waals surface area contributed by atoms with Crippen LogP contribution in [-0.4, -0.2) is 23.6 Å². The Bertz CT molecular complexity index is 99.9. The van der Waals surface area contributed by atoms with E-state index in [0.717, 1.165) is 0 Å². The van der Waals surface area contributed by atoms with Crippen LogP contribution in [0, 0.1) is 0 Å². The van der Waals surface area contributed by atoms with Crippen LogP contribution in [0.2, 0.25) is 0 Å². The summed E-state index contributed by atoms with van der Waals surface area (Å²) in [5.74, 6) is 0. The van der Waals surface area contributed by atoms with Crippen LogP contribution in [0.15, 0.2) is 0 Å². The molecule has 0 N–H and O–H groups in total. The summed E-state index contributed by atoms with van der Waals surface area (Å²) in [6.07, 6.45) is -5.96. The number of hydrogen-bond acceptors (Lipinski definition) is 1. The summed E-state index contributed by atoms with van der Waals surface area (Å²) in [6.45, 7) is 0. The molecule has 62 valence electrons. The van der Waals surface area contributed by atoms with Gasteiger partial charge in [0, 0.05) is 0 Å². The minimum Gasteiger partial charge on any atom is -0.276 e. The maximum Gasteiger partial charge on any atom is 0.420 e. The molecule has 0 aromatic rings. The van der Waals surface area contributed by atoms with Crippen molar-refractivity contribution in [2.45, 2.75) is 0 Å². The second-order valence-corrected chi connectivity index (χ2v) is 18.5. The van der Waals surface area contributed by atoms with Gasteiger partial charge in [0.15, 0.2) is 0 Å². The second kappa shape index (κ2) is 3.89. The van der Waals surface area contributed by atoms with Gasteiger partial charge in [0.25, 0.3) is 0 Å². The van der Waals surface area contributed by atoms with Crippen LogP contribution in [0.4, 0.5) is 0 Å². The van der Waals surface area contributed by atoms with Gasteiger partial charge in [-0.25, -0.2) is 0 Å². The molecule has 0 aliphatic carbocycles. The lowest BCUT2D eigenvalue weighted by Gasteiger charge is -2.26. The Hall–Kier alpha value is 2.13. The smallest absolute Gasteiger partial charge is 0.276 e. The van der Waals surface area contributed by atoms with E-state index in [0.29, 0.717) is 0 Å². The first kappa shape index (κ1) is 12.1. The molecule has 0 saturated carbocycles. The van der Waals surface area contributed by atoms with E-state index in [4.69, 9.17) is 66.5 Å². The Kier molecular flexibility index (Phi) is 4.73. The number of nitrogens with zero attached hydrogens (tertiary/aromatic N) is 1. The Morgan fingerprint density at radius 1 is 0.800 bits per heavy atom. The summed E-state index contributed by atoms with van der Waals surface area (Å²) < 4.78 is 1.25. The zero-order chi connectivity index (χ0) is 8.58. The van der Waals surface area contributed by atoms with Crippen molar-refractivity contribution in [1.82, 2.24) is 4.23 Å². The summed E-state index contributed by atoms with van der Waals surface area (Å²) in [4.78, 5) is 0. The molecule has 0 atom stereocenters. The first-order valence-electron chi connectivity index (χ1n) is 2.03. The third-order valence-electron chi connectivity index (χ3n) is 0.761. The van der Waals surface area contributed by atoms with Crippen LogP contribution in [0.3, 0.4) is 0 Å². The first-order valence-corrected chi connectivity index (χ1v) is 12.0. The third-order valence-corrected chi connectivity index (χ3v) is 11.4. The predicted octanol–water partition coefficient (Wildman–Crippen LogP) is 3.22. The van der Waals surface area contributed by atoms with E-state index in [9.17, 15) is 0 Å². The average molecular weight is 298 g/mol. The van der Waals surface area contributed by atoms with Gasteiger partial charge in [0.05, 0.1) is 0 Å². The second-order valence-electron chi connectivity index (χ2n) is 1.49. The van der Waals surface area contributed by atoms with Crippen molar-refractivity contribution in [2.24, 2.45) is 0 Å². The maximum atomic E-state index is 5.55. The average Bonchev–Trinajstić information content (AvgIpc) is 1.59. The zero-order valence-corrected chi connectivity index (χ0v) is 11.3. The highest BCUT2D eigenvalue weighted by Crippen LogP contribution is 2.34. The van der Waals surface area contributed by atoms with E-state index < -0.39 is 12.3 Å². The molecule has 0 aliphatic rings. The van der Waals surface area contributed by atoms with Crippen molar-refractivity contribution in [2.75, 3.05) is 7.05 Å². The highest BCUT2D eigenvalue weighted by atomic mass is 35.8. The van der Waals surface area contributed by atoms with Gasteiger partial charge in [-0.3, -0.25) is 4.23 Å². The minimum absolute atomic E-state index is 1.25. The van der Waals surface area contributed by atoms with Gasteiger partial charge >= 0.3 is 12.3 Å².